The Morgan fingerprint density at radius 1 is 0.932 bits per heavy atom. The molecule has 1 heterocycles. The van der Waals surface area contributed by atoms with E-state index in [-0.39, 0.29) is 17.2 Å². The number of para-hydroxylation sites is 1. The third-order valence-electron chi connectivity index (χ3n) is 7.67. The Kier molecular flexibility index (Phi) is 8.85. The summed E-state index contributed by atoms with van der Waals surface area (Å²) in [7, 11) is 5.01. The van der Waals surface area contributed by atoms with Crippen molar-refractivity contribution in [2.24, 2.45) is 7.05 Å². The molecule has 226 valence electrons. The van der Waals surface area contributed by atoms with Crippen LogP contribution in [0.25, 0.3) is 10.9 Å². The fourth-order valence-electron chi connectivity index (χ4n) is 5.36. The van der Waals surface area contributed by atoms with E-state index >= 15 is 0 Å². The molecule has 1 atom stereocenters. The van der Waals surface area contributed by atoms with Crippen LogP contribution >= 0.6 is 0 Å². The van der Waals surface area contributed by atoms with Gasteiger partial charge in [-0.2, -0.15) is 0 Å². The number of carboxylic acid groups (broad SMARTS) is 1. The number of nitrogens with zero attached hydrogens (tertiary/aromatic N) is 3. The molecule has 0 amide bonds. The summed E-state index contributed by atoms with van der Waals surface area (Å²) in [5.74, 6) is 1.02. The molecule has 1 aromatic heterocycles. The summed E-state index contributed by atoms with van der Waals surface area (Å²) >= 11 is 0. The van der Waals surface area contributed by atoms with Crippen LogP contribution in [0.2, 0.25) is 0 Å². The number of carbonyl (C=O) groups is 1. The Hall–Kier alpha value is -5.31. The number of methoxy groups -OCH3 is 2. The average molecular weight is 593 g/mol. The van der Waals surface area contributed by atoms with Crippen LogP contribution in [0.3, 0.4) is 0 Å². The smallest absolute Gasteiger partial charge is 0.337 e. The molecule has 4 aromatic carbocycles. The highest BCUT2D eigenvalue weighted by Crippen LogP contribution is 2.30. The summed E-state index contributed by atoms with van der Waals surface area (Å²) in [6.45, 7) is 4.86. The molecule has 0 saturated carbocycles. The second-order valence-electron chi connectivity index (χ2n) is 10.8. The topological polar surface area (TPSA) is 106 Å². The Morgan fingerprint density at radius 2 is 1.50 bits per heavy atom. The Morgan fingerprint density at radius 3 is 2.05 bits per heavy atom. The highest BCUT2D eigenvalue weighted by Gasteiger charge is 2.21. The SMILES string of the molecule is COc1ccc(CN(Cc2ccc(OC)cc2)c2nc3c(C(C)Nc4ccccc4C(=O)O)cc(C)cc3c(=O)n2C)cc1. The van der Waals surface area contributed by atoms with E-state index in [1.165, 1.54) is 0 Å². The summed E-state index contributed by atoms with van der Waals surface area (Å²) in [5, 5.41) is 13.6. The van der Waals surface area contributed by atoms with Crippen LogP contribution in [0.15, 0.2) is 89.7 Å². The number of nitrogens with one attached hydrogen (secondary N) is 1. The zero-order valence-corrected chi connectivity index (χ0v) is 25.5. The van der Waals surface area contributed by atoms with Gasteiger partial charge in [0, 0.05) is 31.4 Å². The number of fused-ring (bicyclic) bond motifs is 1. The zero-order chi connectivity index (χ0) is 31.4. The number of benzene rings is 4. The summed E-state index contributed by atoms with van der Waals surface area (Å²) in [6.07, 6.45) is 0. The van der Waals surface area contributed by atoms with Gasteiger partial charge in [0.2, 0.25) is 5.95 Å². The third kappa shape index (κ3) is 6.36. The summed E-state index contributed by atoms with van der Waals surface area (Å²) in [4.78, 5) is 33.0. The number of rotatable bonds is 11. The number of hydrogen-bond acceptors (Lipinski definition) is 7. The molecule has 0 bridgehead atoms. The minimum atomic E-state index is -1.02. The number of aromatic carboxylic acids is 1. The summed E-state index contributed by atoms with van der Waals surface area (Å²) < 4.78 is 12.3. The van der Waals surface area contributed by atoms with Crippen molar-refractivity contribution in [3.8, 4) is 11.5 Å². The average Bonchev–Trinajstić information content (AvgIpc) is 3.03. The molecule has 9 nitrogen and oxygen atoms in total. The molecule has 0 radical (unpaired) electrons. The van der Waals surface area contributed by atoms with E-state index in [4.69, 9.17) is 14.5 Å². The number of aromatic nitrogens is 2. The molecule has 0 aliphatic heterocycles. The van der Waals surface area contributed by atoms with E-state index in [9.17, 15) is 14.7 Å². The Balaban J connectivity index is 1.62. The van der Waals surface area contributed by atoms with Crippen LogP contribution in [0.5, 0.6) is 11.5 Å². The molecule has 44 heavy (non-hydrogen) atoms. The Labute approximate surface area is 256 Å². The lowest BCUT2D eigenvalue weighted by Crippen LogP contribution is -2.31. The van der Waals surface area contributed by atoms with Crippen molar-refractivity contribution in [3.05, 3.63) is 123 Å². The molecule has 0 spiro atoms. The molecule has 0 fully saturated rings. The van der Waals surface area contributed by atoms with E-state index in [2.05, 4.69) is 10.2 Å². The Bertz CT molecular complexity index is 1800. The molecule has 2 N–H and O–H groups in total. The number of carboxylic acids is 1. The molecule has 5 aromatic rings. The molecular formula is C35H36N4O5. The number of hydrogen-bond donors (Lipinski definition) is 2. The molecule has 0 aliphatic carbocycles. The second-order valence-corrected chi connectivity index (χ2v) is 10.8. The fourth-order valence-corrected chi connectivity index (χ4v) is 5.36. The van der Waals surface area contributed by atoms with Crippen molar-refractivity contribution in [2.75, 3.05) is 24.4 Å². The van der Waals surface area contributed by atoms with Gasteiger partial charge >= 0.3 is 5.97 Å². The van der Waals surface area contributed by atoms with Gasteiger partial charge in [0.1, 0.15) is 11.5 Å². The van der Waals surface area contributed by atoms with Gasteiger partial charge < -0.3 is 24.8 Å². The number of aryl methyl sites for hydroxylation is 1. The van der Waals surface area contributed by atoms with Crippen LogP contribution in [-0.4, -0.2) is 34.8 Å². The first-order chi connectivity index (χ1) is 21.2. The van der Waals surface area contributed by atoms with Gasteiger partial charge in [-0.15, -0.1) is 0 Å². The van der Waals surface area contributed by atoms with Crippen LogP contribution in [0, 0.1) is 6.92 Å². The molecule has 0 saturated heterocycles. The van der Waals surface area contributed by atoms with Crippen LogP contribution < -0.4 is 25.2 Å². The van der Waals surface area contributed by atoms with Gasteiger partial charge in [-0.25, -0.2) is 9.78 Å². The van der Waals surface area contributed by atoms with Gasteiger partial charge in [-0.1, -0.05) is 42.5 Å². The molecule has 0 aliphatic rings. The van der Waals surface area contributed by atoms with Gasteiger partial charge in [0.15, 0.2) is 0 Å². The highest BCUT2D eigenvalue weighted by molar-refractivity contribution is 5.94. The molecule has 1 unspecified atom stereocenters. The van der Waals surface area contributed by atoms with Gasteiger partial charge in [-0.05, 0) is 73.0 Å². The van der Waals surface area contributed by atoms with Crippen molar-refractivity contribution in [1.29, 1.82) is 0 Å². The maximum atomic E-state index is 13.9. The number of ether oxygens (including phenoxy) is 2. The number of anilines is 2. The fraction of sp³-hybridized carbons (Fsp3) is 0.229. The zero-order valence-electron chi connectivity index (χ0n) is 25.5. The first kappa shape index (κ1) is 30.2. The summed E-state index contributed by atoms with van der Waals surface area (Å²) in [5.41, 5.74) is 4.83. The van der Waals surface area contributed by atoms with Crippen molar-refractivity contribution in [1.82, 2.24) is 9.55 Å². The maximum Gasteiger partial charge on any atom is 0.337 e. The lowest BCUT2D eigenvalue weighted by Gasteiger charge is -2.27. The lowest BCUT2D eigenvalue weighted by molar-refractivity contribution is 0.0698. The van der Waals surface area contributed by atoms with Crippen LogP contribution in [0.4, 0.5) is 11.6 Å². The minimum Gasteiger partial charge on any atom is -0.497 e. The van der Waals surface area contributed by atoms with Crippen molar-refractivity contribution < 1.29 is 19.4 Å². The van der Waals surface area contributed by atoms with Crippen LogP contribution in [0.1, 0.15) is 45.6 Å². The normalized spacial score (nSPS) is 11.7. The lowest BCUT2D eigenvalue weighted by atomic mass is 10.0. The largest absolute Gasteiger partial charge is 0.497 e. The molecule has 5 rings (SSSR count). The van der Waals surface area contributed by atoms with E-state index in [1.807, 2.05) is 74.5 Å². The predicted molar refractivity (Wildman–Crippen MR) is 173 cm³/mol. The van der Waals surface area contributed by atoms with Gasteiger partial charge in [0.05, 0.1) is 36.7 Å². The molecule has 9 heteroatoms. The summed E-state index contributed by atoms with van der Waals surface area (Å²) in [6, 6.07) is 25.9. The molecular weight excluding hydrogens is 556 g/mol. The van der Waals surface area contributed by atoms with E-state index < -0.39 is 5.97 Å². The van der Waals surface area contributed by atoms with E-state index in [1.54, 1.807) is 50.1 Å². The minimum absolute atomic E-state index is 0.164. The van der Waals surface area contributed by atoms with Crippen molar-refractivity contribution in [3.63, 3.8) is 0 Å². The van der Waals surface area contributed by atoms with E-state index in [0.29, 0.717) is 35.6 Å². The standard InChI is InChI=1S/C35H36N4O5/c1-22-18-29(23(2)36-31-9-7-6-8-28(31)34(41)42)32-30(19-22)33(40)38(3)35(37-32)39(20-24-10-14-26(43-4)15-11-24)21-25-12-16-27(44-5)17-13-25/h6-19,23,36H,20-21H2,1-5H3,(H,41,42). The predicted octanol–water partition coefficient (Wildman–Crippen LogP) is 6.34. The second kappa shape index (κ2) is 12.9. The van der Waals surface area contributed by atoms with Gasteiger partial charge in [0.25, 0.3) is 5.56 Å². The third-order valence-corrected chi connectivity index (χ3v) is 7.67. The van der Waals surface area contributed by atoms with Crippen molar-refractivity contribution >= 4 is 28.5 Å². The van der Waals surface area contributed by atoms with Crippen LogP contribution in [-0.2, 0) is 20.1 Å². The first-order valence-electron chi connectivity index (χ1n) is 14.3. The quantitative estimate of drug-likeness (QED) is 0.183. The van der Waals surface area contributed by atoms with Crippen molar-refractivity contribution in [2.45, 2.75) is 33.0 Å². The maximum absolute atomic E-state index is 13.9. The first-order valence-corrected chi connectivity index (χ1v) is 14.3. The monoisotopic (exact) mass is 592 g/mol. The van der Waals surface area contributed by atoms with Gasteiger partial charge in [-0.3, -0.25) is 9.36 Å². The highest BCUT2D eigenvalue weighted by atomic mass is 16.5. The van der Waals surface area contributed by atoms with E-state index in [0.717, 1.165) is 33.8 Å².